The third kappa shape index (κ3) is 8.53. The molecular formula is C34H45N3O6S. The summed E-state index contributed by atoms with van der Waals surface area (Å²) in [5.74, 6) is -0.130. The maximum atomic E-state index is 14.3. The van der Waals surface area contributed by atoms with Gasteiger partial charge in [-0.1, -0.05) is 56.2 Å². The van der Waals surface area contributed by atoms with Crippen LogP contribution in [0.15, 0.2) is 65.6 Å². The molecule has 0 aliphatic carbocycles. The molecule has 2 amide bonds. The molecule has 0 spiro atoms. The Kier molecular flexibility index (Phi) is 12.2. The standard InChI is InChI=1S/C34H45N3O6S/c1-8-10-17-35-34(39)30(9-2)36(22-27-13-11-24(3)12-14-27)33(38)23-37(28-19-25(4)18-26(5)20-28)44(40,41)29-15-16-31(42-6)32(21-29)43-7/h11-16,18-21,30H,8-10,17,22-23H2,1-7H3,(H,35,39)/t30-/m0/s1. The van der Waals surface area contributed by atoms with Gasteiger partial charge in [0.25, 0.3) is 10.0 Å². The molecule has 1 atom stereocenters. The van der Waals surface area contributed by atoms with Crippen molar-refractivity contribution in [2.24, 2.45) is 0 Å². The second-order valence-corrected chi connectivity index (χ2v) is 12.8. The normalized spacial score (nSPS) is 11.9. The number of nitrogens with one attached hydrogen (secondary N) is 1. The van der Waals surface area contributed by atoms with Gasteiger partial charge in [-0.05, 0) is 74.6 Å². The molecule has 1 N–H and O–H groups in total. The lowest BCUT2D eigenvalue weighted by molar-refractivity contribution is -0.140. The molecule has 9 nitrogen and oxygen atoms in total. The van der Waals surface area contributed by atoms with E-state index < -0.39 is 28.5 Å². The summed E-state index contributed by atoms with van der Waals surface area (Å²) < 4.78 is 40.4. The number of aryl methyl sites for hydroxylation is 3. The van der Waals surface area contributed by atoms with Crippen molar-refractivity contribution >= 4 is 27.5 Å². The number of rotatable bonds is 15. The monoisotopic (exact) mass is 623 g/mol. The largest absolute Gasteiger partial charge is 0.493 e. The van der Waals surface area contributed by atoms with Gasteiger partial charge in [-0.3, -0.25) is 13.9 Å². The molecule has 3 aromatic rings. The first-order valence-electron chi connectivity index (χ1n) is 14.9. The number of nitrogens with zero attached hydrogens (tertiary/aromatic N) is 2. The van der Waals surface area contributed by atoms with E-state index in [2.05, 4.69) is 5.32 Å². The minimum atomic E-state index is -4.27. The van der Waals surface area contributed by atoms with Gasteiger partial charge in [-0.15, -0.1) is 0 Å². The molecule has 0 aromatic heterocycles. The second kappa shape index (κ2) is 15.6. The van der Waals surface area contributed by atoms with Crippen molar-refractivity contribution in [2.45, 2.75) is 71.4 Å². The fourth-order valence-electron chi connectivity index (χ4n) is 5.04. The van der Waals surface area contributed by atoms with E-state index in [1.165, 1.54) is 37.3 Å². The zero-order valence-electron chi connectivity index (χ0n) is 26.8. The lowest BCUT2D eigenvalue weighted by atomic mass is 10.1. The van der Waals surface area contributed by atoms with E-state index in [-0.39, 0.29) is 23.1 Å². The van der Waals surface area contributed by atoms with E-state index in [9.17, 15) is 18.0 Å². The van der Waals surface area contributed by atoms with Gasteiger partial charge in [-0.25, -0.2) is 8.42 Å². The van der Waals surface area contributed by atoms with Crippen molar-refractivity contribution in [1.29, 1.82) is 0 Å². The van der Waals surface area contributed by atoms with Gasteiger partial charge in [0.1, 0.15) is 12.6 Å². The predicted octanol–water partition coefficient (Wildman–Crippen LogP) is 5.55. The summed E-state index contributed by atoms with van der Waals surface area (Å²) in [7, 11) is -1.37. The molecule has 238 valence electrons. The number of methoxy groups -OCH3 is 2. The maximum absolute atomic E-state index is 14.3. The Hall–Kier alpha value is -4.05. The highest BCUT2D eigenvalue weighted by Crippen LogP contribution is 2.33. The topological polar surface area (TPSA) is 105 Å². The molecule has 0 unspecified atom stereocenters. The molecule has 0 bridgehead atoms. The molecular weight excluding hydrogens is 578 g/mol. The van der Waals surface area contributed by atoms with Gasteiger partial charge < -0.3 is 19.7 Å². The van der Waals surface area contributed by atoms with Crippen LogP contribution in [0.3, 0.4) is 0 Å². The predicted molar refractivity (Wildman–Crippen MR) is 174 cm³/mol. The summed E-state index contributed by atoms with van der Waals surface area (Å²) >= 11 is 0. The highest BCUT2D eigenvalue weighted by molar-refractivity contribution is 7.92. The number of ether oxygens (including phenoxy) is 2. The summed E-state index contributed by atoms with van der Waals surface area (Å²) in [4.78, 5) is 29.1. The van der Waals surface area contributed by atoms with Gasteiger partial charge >= 0.3 is 0 Å². The van der Waals surface area contributed by atoms with E-state index in [1.807, 2.05) is 65.0 Å². The van der Waals surface area contributed by atoms with Crippen molar-refractivity contribution < 1.29 is 27.5 Å². The number of unbranched alkanes of at least 4 members (excludes halogenated alkanes) is 1. The fourth-order valence-corrected chi connectivity index (χ4v) is 6.46. The van der Waals surface area contributed by atoms with Gasteiger partial charge in [0.2, 0.25) is 11.8 Å². The van der Waals surface area contributed by atoms with Crippen LogP contribution in [0.4, 0.5) is 5.69 Å². The highest BCUT2D eigenvalue weighted by Gasteiger charge is 2.34. The first-order chi connectivity index (χ1) is 20.9. The van der Waals surface area contributed by atoms with Crippen LogP contribution >= 0.6 is 0 Å². The van der Waals surface area contributed by atoms with Gasteiger partial charge in [0.05, 0.1) is 24.8 Å². The molecule has 10 heteroatoms. The lowest BCUT2D eigenvalue weighted by Gasteiger charge is -2.33. The number of amides is 2. The van der Waals surface area contributed by atoms with Crippen LogP contribution in [0.1, 0.15) is 55.4 Å². The number of anilines is 1. The first kappa shape index (κ1) is 34.4. The molecule has 0 fully saturated rings. The van der Waals surface area contributed by atoms with Crippen molar-refractivity contribution in [2.75, 3.05) is 31.6 Å². The van der Waals surface area contributed by atoms with Gasteiger partial charge in [-0.2, -0.15) is 0 Å². The molecule has 3 aromatic carbocycles. The molecule has 0 saturated heterocycles. The molecule has 0 aliphatic heterocycles. The van der Waals surface area contributed by atoms with E-state index in [4.69, 9.17) is 9.47 Å². The number of sulfonamides is 1. The first-order valence-corrected chi connectivity index (χ1v) is 16.3. The fraction of sp³-hybridized carbons (Fsp3) is 0.412. The smallest absolute Gasteiger partial charge is 0.264 e. The summed E-state index contributed by atoms with van der Waals surface area (Å²) in [6.45, 7) is 9.75. The maximum Gasteiger partial charge on any atom is 0.264 e. The summed E-state index contributed by atoms with van der Waals surface area (Å²) in [5.41, 5.74) is 3.94. The Morgan fingerprint density at radius 3 is 2.05 bits per heavy atom. The Balaban J connectivity index is 2.11. The number of hydrogen-bond donors (Lipinski definition) is 1. The molecule has 0 saturated carbocycles. The Labute approximate surface area is 262 Å². The van der Waals surface area contributed by atoms with Crippen LogP contribution in [0.25, 0.3) is 0 Å². The minimum Gasteiger partial charge on any atom is -0.493 e. The molecule has 0 heterocycles. The van der Waals surface area contributed by atoms with Crippen molar-refractivity contribution in [1.82, 2.24) is 10.2 Å². The lowest BCUT2D eigenvalue weighted by Crippen LogP contribution is -2.52. The number of benzene rings is 3. The summed E-state index contributed by atoms with van der Waals surface area (Å²) in [5, 5.41) is 2.95. The van der Waals surface area contributed by atoms with Crippen molar-refractivity contribution in [3.05, 3.63) is 82.9 Å². The summed E-state index contributed by atoms with van der Waals surface area (Å²) in [6.07, 6.45) is 2.10. The van der Waals surface area contributed by atoms with E-state index in [1.54, 1.807) is 12.1 Å². The average Bonchev–Trinajstić information content (AvgIpc) is 2.99. The minimum absolute atomic E-state index is 0.0588. The highest BCUT2D eigenvalue weighted by atomic mass is 32.2. The SMILES string of the molecule is CCCCNC(=O)[C@H](CC)N(Cc1ccc(C)cc1)C(=O)CN(c1cc(C)cc(C)c1)S(=O)(=O)c1ccc(OC)c(OC)c1. The third-order valence-electron chi connectivity index (χ3n) is 7.41. The summed E-state index contributed by atoms with van der Waals surface area (Å²) in [6, 6.07) is 16.7. The van der Waals surface area contributed by atoms with Crippen LogP contribution in [0.5, 0.6) is 11.5 Å². The van der Waals surface area contributed by atoms with E-state index >= 15 is 0 Å². The molecule has 3 rings (SSSR count). The molecule has 0 radical (unpaired) electrons. The van der Waals surface area contributed by atoms with Crippen LogP contribution < -0.4 is 19.1 Å². The average molecular weight is 624 g/mol. The molecule has 0 aliphatic rings. The number of carbonyl (C=O) groups is 2. The Morgan fingerprint density at radius 1 is 0.841 bits per heavy atom. The Morgan fingerprint density at radius 2 is 1.48 bits per heavy atom. The number of hydrogen-bond acceptors (Lipinski definition) is 6. The second-order valence-electron chi connectivity index (χ2n) is 11.0. The van der Waals surface area contributed by atoms with Crippen LogP contribution in [0, 0.1) is 20.8 Å². The van der Waals surface area contributed by atoms with Crippen molar-refractivity contribution in [3.8, 4) is 11.5 Å². The zero-order chi connectivity index (χ0) is 32.4. The van der Waals surface area contributed by atoms with E-state index in [0.29, 0.717) is 24.4 Å². The van der Waals surface area contributed by atoms with Crippen molar-refractivity contribution in [3.63, 3.8) is 0 Å². The van der Waals surface area contributed by atoms with Gasteiger partial charge in [0.15, 0.2) is 11.5 Å². The third-order valence-corrected chi connectivity index (χ3v) is 9.18. The van der Waals surface area contributed by atoms with Crippen LogP contribution in [0.2, 0.25) is 0 Å². The zero-order valence-corrected chi connectivity index (χ0v) is 27.7. The van der Waals surface area contributed by atoms with Gasteiger partial charge in [0, 0.05) is 19.2 Å². The molecule has 44 heavy (non-hydrogen) atoms. The Bertz CT molecular complexity index is 1520. The number of carbonyl (C=O) groups excluding carboxylic acids is 2. The van der Waals surface area contributed by atoms with E-state index in [0.717, 1.165) is 39.4 Å². The van der Waals surface area contributed by atoms with Crippen LogP contribution in [-0.4, -0.2) is 58.5 Å². The van der Waals surface area contributed by atoms with Crippen LogP contribution in [-0.2, 0) is 26.2 Å². The quantitative estimate of drug-likeness (QED) is 0.223.